The van der Waals surface area contributed by atoms with E-state index in [0.717, 1.165) is 74.4 Å². The van der Waals surface area contributed by atoms with Crippen LogP contribution in [0, 0.1) is 17.7 Å². The second-order valence-electron chi connectivity index (χ2n) is 16.9. The Balaban J connectivity index is 0.692. The van der Waals surface area contributed by atoms with Gasteiger partial charge in [0.15, 0.2) is 34.3 Å². The number of nitrogens with zero attached hydrogens (tertiary/aromatic N) is 8. The molecular weight excluding hydrogens is 802 g/mol. The maximum atomic E-state index is 14.7. The van der Waals surface area contributed by atoms with E-state index in [0.29, 0.717) is 46.9 Å². The molecule has 5 fully saturated rings. The van der Waals surface area contributed by atoms with Crippen molar-refractivity contribution in [3.8, 4) is 40.0 Å². The second kappa shape index (κ2) is 15.1. The van der Waals surface area contributed by atoms with Crippen LogP contribution in [0.4, 0.5) is 15.9 Å². The predicted molar refractivity (Wildman–Crippen MR) is 220 cm³/mol. The first-order valence-corrected chi connectivity index (χ1v) is 20.9. The number of carbonyl (C=O) groups excluding carboxylic acids is 3. The molecule has 3 unspecified atom stereocenters. The number of pyridine rings is 1. The van der Waals surface area contributed by atoms with Gasteiger partial charge in [-0.05, 0) is 67.5 Å². The van der Waals surface area contributed by atoms with Gasteiger partial charge in [-0.2, -0.15) is 9.49 Å². The van der Waals surface area contributed by atoms with Crippen LogP contribution in [0.15, 0.2) is 55.0 Å². The standard InChI is InChI=1S/C43H44FN11O7/c1-59-31-3-2-4-32(35(31)44)62-28-7-5-22(6-8-28)36-34-40(45)47-20-48-41(34)55(51-36)25-11-23-14-52(15-24(23)12-25)26-16-53(17-26)27-18-54(19-27)30-13-46-37(39-38(30)60-21-61-39)43(58)49-29-9-10-33(56)50-42(29)57/h2-8,13,20,23-27,29H,9-12,14-19,21H2,1H3,(H,49,58)(H2,45,47,48)(H,50,56,57). The molecule has 3 atom stereocenters. The van der Waals surface area contributed by atoms with Crippen LogP contribution in [0.3, 0.4) is 0 Å². The molecule has 5 aliphatic heterocycles. The number of piperidine rings is 1. The van der Waals surface area contributed by atoms with Crippen molar-refractivity contribution < 1.29 is 37.7 Å². The van der Waals surface area contributed by atoms with Crippen LogP contribution in [0.25, 0.3) is 22.3 Å². The van der Waals surface area contributed by atoms with Crippen molar-refractivity contribution in [3.05, 3.63) is 66.5 Å². The summed E-state index contributed by atoms with van der Waals surface area (Å²) in [7, 11) is 1.42. The molecule has 62 heavy (non-hydrogen) atoms. The molecular formula is C43H44FN11O7. The number of amides is 3. The Hall–Kier alpha value is -6.60. The molecule has 320 valence electrons. The molecule has 3 amide bonds. The van der Waals surface area contributed by atoms with Gasteiger partial charge < -0.3 is 34.9 Å². The van der Waals surface area contributed by atoms with Crippen LogP contribution < -0.4 is 40.2 Å². The largest absolute Gasteiger partial charge is 0.494 e. The number of halogens is 1. The molecule has 1 aliphatic carbocycles. The number of anilines is 2. The molecule has 0 radical (unpaired) electrons. The summed E-state index contributed by atoms with van der Waals surface area (Å²) in [5.41, 5.74) is 9.55. The molecule has 2 aromatic carbocycles. The van der Waals surface area contributed by atoms with Gasteiger partial charge in [0.25, 0.3) is 5.91 Å². The van der Waals surface area contributed by atoms with Crippen molar-refractivity contribution in [2.45, 2.75) is 49.9 Å². The molecule has 0 spiro atoms. The molecule has 4 N–H and O–H groups in total. The highest BCUT2D eigenvalue weighted by molar-refractivity contribution is 6.04. The summed E-state index contributed by atoms with van der Waals surface area (Å²) in [6.07, 6.45) is 5.53. The van der Waals surface area contributed by atoms with Gasteiger partial charge in [0.05, 0.1) is 24.7 Å². The predicted octanol–water partition coefficient (Wildman–Crippen LogP) is 3.13. The van der Waals surface area contributed by atoms with Gasteiger partial charge in [-0.15, -0.1) is 0 Å². The van der Waals surface area contributed by atoms with Crippen LogP contribution in [-0.4, -0.2) is 124 Å². The summed E-state index contributed by atoms with van der Waals surface area (Å²) in [5, 5.41) is 10.8. The number of methoxy groups -OCH3 is 1. The highest BCUT2D eigenvalue weighted by Gasteiger charge is 2.48. The fraction of sp³-hybridized carbons (Fsp3) is 0.419. The average molecular weight is 846 g/mol. The van der Waals surface area contributed by atoms with E-state index in [1.807, 2.05) is 12.1 Å². The molecule has 8 heterocycles. The Bertz CT molecular complexity index is 2600. The molecule has 0 bridgehead atoms. The number of hydrogen-bond donors (Lipinski definition) is 3. The zero-order valence-electron chi connectivity index (χ0n) is 33.8. The Labute approximate surface area is 354 Å². The number of nitrogens with two attached hydrogens (primary N) is 1. The molecule has 11 rings (SSSR count). The smallest absolute Gasteiger partial charge is 0.274 e. The first kappa shape index (κ1) is 38.3. The average Bonchev–Trinajstić information content (AvgIpc) is 4.04. The number of imide groups is 1. The first-order chi connectivity index (χ1) is 30.2. The van der Waals surface area contributed by atoms with Crippen molar-refractivity contribution in [1.29, 1.82) is 0 Å². The third kappa shape index (κ3) is 6.57. The van der Waals surface area contributed by atoms with Crippen LogP contribution in [-0.2, 0) is 9.59 Å². The number of nitrogens with one attached hydrogen (secondary N) is 2. The molecule has 18 nitrogen and oxygen atoms in total. The zero-order valence-corrected chi connectivity index (χ0v) is 33.8. The monoisotopic (exact) mass is 845 g/mol. The third-order valence-electron chi connectivity index (χ3n) is 13.4. The summed E-state index contributed by atoms with van der Waals surface area (Å²) in [6.45, 7) is 5.78. The highest BCUT2D eigenvalue weighted by atomic mass is 19.1. The Kier molecular flexibility index (Phi) is 9.33. The van der Waals surface area contributed by atoms with E-state index in [4.69, 9.17) is 29.8 Å². The maximum absolute atomic E-state index is 14.7. The molecule has 1 saturated carbocycles. The minimum absolute atomic E-state index is 0.0264. The Morgan fingerprint density at radius 3 is 2.39 bits per heavy atom. The van der Waals surface area contributed by atoms with Gasteiger partial charge >= 0.3 is 0 Å². The van der Waals surface area contributed by atoms with E-state index in [2.05, 4.69) is 45.0 Å². The molecule has 6 aliphatic rings. The summed E-state index contributed by atoms with van der Waals surface area (Å²) in [4.78, 5) is 57.6. The lowest BCUT2D eigenvalue weighted by atomic mass is 9.98. The van der Waals surface area contributed by atoms with Gasteiger partial charge in [0.1, 0.15) is 35.3 Å². The van der Waals surface area contributed by atoms with Crippen LogP contribution in [0.2, 0.25) is 0 Å². The van der Waals surface area contributed by atoms with Crippen molar-refractivity contribution in [1.82, 2.24) is 45.2 Å². The van der Waals surface area contributed by atoms with Gasteiger partial charge in [-0.1, -0.05) is 6.07 Å². The number of nitrogen functional groups attached to an aromatic ring is 1. The van der Waals surface area contributed by atoms with Crippen molar-refractivity contribution in [2.75, 3.05) is 63.8 Å². The van der Waals surface area contributed by atoms with E-state index in [9.17, 15) is 18.8 Å². The van der Waals surface area contributed by atoms with Crippen LogP contribution in [0.1, 0.15) is 42.2 Å². The van der Waals surface area contributed by atoms with Crippen molar-refractivity contribution >= 4 is 40.3 Å². The summed E-state index contributed by atoms with van der Waals surface area (Å²) in [5.74, 6) is 0.901. The maximum Gasteiger partial charge on any atom is 0.274 e. The SMILES string of the molecule is COc1cccc(Oc2ccc(-c3nn(C4CC5CN(C6CN(C7CN(c8cnc(C(=O)NC9CCC(=O)NC9=O)c9c8OCO9)C7)C6)CC5C4)c4ncnc(N)c34)cc2)c1F. The van der Waals surface area contributed by atoms with E-state index in [1.165, 1.54) is 13.4 Å². The minimum atomic E-state index is -0.818. The number of carbonyl (C=O) groups is 3. The van der Waals surface area contributed by atoms with Gasteiger partial charge in [-0.25, -0.2) is 19.6 Å². The molecule has 4 saturated heterocycles. The zero-order chi connectivity index (χ0) is 42.2. The number of ether oxygens (including phenoxy) is 4. The molecule has 5 aromatic rings. The number of fused-ring (bicyclic) bond motifs is 3. The highest BCUT2D eigenvalue weighted by Crippen LogP contribution is 2.48. The van der Waals surface area contributed by atoms with Crippen molar-refractivity contribution in [2.24, 2.45) is 11.8 Å². The fourth-order valence-electron chi connectivity index (χ4n) is 10.0. The topological polar surface area (TPSA) is 204 Å². The van der Waals surface area contributed by atoms with Crippen molar-refractivity contribution in [3.63, 3.8) is 0 Å². The number of benzene rings is 2. The Morgan fingerprint density at radius 2 is 1.63 bits per heavy atom. The van der Waals surface area contributed by atoms with E-state index >= 15 is 0 Å². The van der Waals surface area contributed by atoms with Gasteiger partial charge in [0.2, 0.25) is 24.4 Å². The lowest BCUT2D eigenvalue weighted by Crippen LogP contribution is -2.69. The van der Waals surface area contributed by atoms with Crippen LogP contribution >= 0.6 is 0 Å². The number of aromatic nitrogens is 5. The minimum Gasteiger partial charge on any atom is -0.494 e. The number of rotatable bonds is 10. The quantitative estimate of drug-likeness (QED) is 0.173. The van der Waals surface area contributed by atoms with E-state index in [-0.39, 0.29) is 54.5 Å². The number of hydrogen-bond acceptors (Lipinski definition) is 15. The summed E-state index contributed by atoms with van der Waals surface area (Å²) >= 11 is 0. The normalized spacial score (nSPS) is 23.9. The summed E-state index contributed by atoms with van der Waals surface area (Å²) < 4.78 is 39.2. The van der Waals surface area contributed by atoms with Crippen LogP contribution in [0.5, 0.6) is 28.7 Å². The van der Waals surface area contributed by atoms with Gasteiger partial charge in [0, 0.05) is 63.3 Å². The Morgan fingerprint density at radius 1 is 0.903 bits per heavy atom. The van der Waals surface area contributed by atoms with Gasteiger partial charge in [-0.3, -0.25) is 29.5 Å². The first-order valence-electron chi connectivity index (χ1n) is 20.9. The molecule has 3 aromatic heterocycles. The third-order valence-corrected chi connectivity index (χ3v) is 13.4. The lowest BCUT2D eigenvalue weighted by molar-refractivity contribution is -0.134. The van der Waals surface area contributed by atoms with E-state index in [1.54, 1.807) is 36.5 Å². The van der Waals surface area contributed by atoms with E-state index < -0.39 is 23.7 Å². The molecule has 19 heteroatoms. The lowest BCUT2D eigenvalue weighted by Gasteiger charge is -2.54. The number of likely N-dealkylation sites (tertiary alicyclic amines) is 2. The fourth-order valence-corrected chi connectivity index (χ4v) is 10.0. The summed E-state index contributed by atoms with van der Waals surface area (Å²) in [6, 6.07) is 12.4. The second-order valence-corrected chi connectivity index (χ2v) is 16.9.